The van der Waals surface area contributed by atoms with E-state index < -0.39 is 18.7 Å². The molecule has 0 saturated carbocycles. The number of aliphatic hydroxyl groups is 2. The van der Waals surface area contributed by atoms with Crippen LogP contribution in [0.1, 0.15) is 0 Å². The number of rotatable bonds is 8. The highest BCUT2D eigenvalue weighted by molar-refractivity contribution is 5.86. The Hall–Kier alpha value is -2.32. The maximum atomic E-state index is 11.3. The molecule has 0 aliphatic carbocycles. The smallest absolute Gasteiger partial charge is 0.412 e. The number of nitrogens with one attached hydrogen (secondary N) is 1. The lowest BCUT2D eigenvalue weighted by molar-refractivity contribution is -0.140. The molecule has 0 atom stereocenters. The fraction of sp³-hybridized carbons (Fsp3) is 0.385. The maximum absolute atomic E-state index is 11.3. The minimum atomic E-state index is -1.23. The van der Waals surface area contributed by atoms with E-state index in [0.29, 0.717) is 18.8 Å². The van der Waals surface area contributed by atoms with Gasteiger partial charge in [-0.2, -0.15) is 0 Å². The van der Waals surface area contributed by atoms with Gasteiger partial charge >= 0.3 is 12.1 Å². The number of nitrogens with zero attached hydrogens (tertiary/aromatic N) is 1. The van der Waals surface area contributed by atoms with Gasteiger partial charge in [-0.25, -0.2) is 9.59 Å². The van der Waals surface area contributed by atoms with E-state index in [-0.39, 0.29) is 13.2 Å². The first-order valence-electron chi connectivity index (χ1n) is 6.29. The maximum Gasteiger partial charge on any atom is 0.412 e. The highest BCUT2D eigenvalue weighted by Gasteiger charge is 2.08. The first-order chi connectivity index (χ1) is 10.1. The van der Waals surface area contributed by atoms with Crippen LogP contribution in [0.25, 0.3) is 0 Å². The molecule has 0 aliphatic heterocycles. The quantitative estimate of drug-likeness (QED) is 0.537. The molecule has 0 fully saturated rings. The molecule has 0 bridgehead atoms. The molecule has 0 unspecified atom stereocenters. The van der Waals surface area contributed by atoms with Crippen LogP contribution < -0.4 is 10.2 Å². The summed E-state index contributed by atoms with van der Waals surface area (Å²) in [7, 11) is 0. The van der Waals surface area contributed by atoms with E-state index in [1.165, 1.54) is 0 Å². The van der Waals surface area contributed by atoms with Crippen molar-refractivity contribution >= 4 is 23.4 Å². The zero-order chi connectivity index (χ0) is 15.7. The van der Waals surface area contributed by atoms with Gasteiger partial charge in [0.05, 0.1) is 13.2 Å². The van der Waals surface area contributed by atoms with E-state index in [0.717, 1.165) is 5.69 Å². The first-order valence-corrected chi connectivity index (χ1v) is 6.29. The molecule has 0 saturated heterocycles. The lowest BCUT2D eigenvalue weighted by atomic mass is 10.2. The second-order valence-corrected chi connectivity index (χ2v) is 4.08. The summed E-state index contributed by atoms with van der Waals surface area (Å²) in [6.07, 6.45) is -0.854. The zero-order valence-electron chi connectivity index (χ0n) is 11.4. The zero-order valence-corrected chi connectivity index (χ0v) is 11.4. The topological polar surface area (TPSA) is 119 Å². The van der Waals surface area contributed by atoms with Crippen LogP contribution in [0.3, 0.4) is 0 Å². The number of carbonyl (C=O) groups excluding carboxylic acids is 1. The fourth-order valence-corrected chi connectivity index (χ4v) is 1.65. The first kappa shape index (κ1) is 16.7. The number of aliphatic carboxylic acids is 1. The second kappa shape index (κ2) is 8.77. The Bertz CT molecular complexity index is 456. The standard InChI is InChI=1S/C13H18N2O6/c16-7-5-15(6-8-17)11-3-1-10(2-4-11)14-13(20)21-9-12(18)19/h1-4,16-17H,5-9H2,(H,14,20)(H,18,19). The summed E-state index contributed by atoms with van der Waals surface area (Å²) in [5.74, 6) is -1.23. The summed E-state index contributed by atoms with van der Waals surface area (Å²) in [5, 5.41) is 28.7. The van der Waals surface area contributed by atoms with E-state index in [2.05, 4.69) is 10.1 Å². The van der Waals surface area contributed by atoms with Crippen molar-refractivity contribution in [2.45, 2.75) is 0 Å². The van der Waals surface area contributed by atoms with Gasteiger partial charge < -0.3 is 25.0 Å². The van der Waals surface area contributed by atoms with E-state index >= 15 is 0 Å². The van der Waals surface area contributed by atoms with Gasteiger partial charge in [0, 0.05) is 24.5 Å². The highest BCUT2D eigenvalue weighted by atomic mass is 16.6. The summed E-state index contributed by atoms with van der Waals surface area (Å²) in [6.45, 7) is -0.0182. The summed E-state index contributed by atoms with van der Waals surface area (Å²) in [6, 6.07) is 6.63. The summed E-state index contributed by atoms with van der Waals surface area (Å²) in [5.41, 5.74) is 1.23. The van der Waals surface area contributed by atoms with Crippen LogP contribution in [-0.2, 0) is 9.53 Å². The summed E-state index contributed by atoms with van der Waals surface area (Å²) >= 11 is 0. The number of aliphatic hydroxyl groups excluding tert-OH is 2. The number of amides is 1. The van der Waals surface area contributed by atoms with Gasteiger partial charge in [0.25, 0.3) is 0 Å². The Morgan fingerprint density at radius 1 is 1.10 bits per heavy atom. The van der Waals surface area contributed by atoms with Gasteiger partial charge in [0.1, 0.15) is 0 Å². The molecule has 8 heteroatoms. The van der Waals surface area contributed by atoms with Crippen LogP contribution in [-0.4, -0.2) is 60.3 Å². The van der Waals surface area contributed by atoms with Crippen LogP contribution in [0, 0.1) is 0 Å². The molecule has 0 heterocycles. The van der Waals surface area contributed by atoms with Crippen molar-refractivity contribution in [1.82, 2.24) is 0 Å². The SMILES string of the molecule is O=C(O)COC(=O)Nc1ccc(N(CCO)CCO)cc1. The number of hydrogen-bond acceptors (Lipinski definition) is 6. The third kappa shape index (κ3) is 6.11. The molecule has 0 aromatic heterocycles. The largest absolute Gasteiger partial charge is 0.479 e. The van der Waals surface area contributed by atoms with Crippen LogP contribution >= 0.6 is 0 Å². The molecule has 116 valence electrons. The molecular weight excluding hydrogens is 280 g/mol. The lowest BCUT2D eigenvalue weighted by Gasteiger charge is -2.23. The summed E-state index contributed by atoms with van der Waals surface area (Å²) < 4.78 is 4.44. The van der Waals surface area contributed by atoms with Crippen LogP contribution in [0.15, 0.2) is 24.3 Å². The molecule has 0 radical (unpaired) electrons. The molecule has 8 nitrogen and oxygen atoms in total. The number of anilines is 2. The van der Waals surface area contributed by atoms with Gasteiger partial charge in [0.2, 0.25) is 0 Å². The minimum absolute atomic E-state index is 0.0402. The van der Waals surface area contributed by atoms with Crippen molar-refractivity contribution in [1.29, 1.82) is 0 Å². The van der Waals surface area contributed by atoms with Crippen molar-refractivity contribution in [2.24, 2.45) is 0 Å². The highest BCUT2D eigenvalue weighted by Crippen LogP contribution is 2.17. The monoisotopic (exact) mass is 298 g/mol. The summed E-state index contributed by atoms with van der Waals surface area (Å²) in [4.78, 5) is 23.3. The predicted molar refractivity (Wildman–Crippen MR) is 75.4 cm³/mol. The fourth-order valence-electron chi connectivity index (χ4n) is 1.65. The van der Waals surface area contributed by atoms with Crippen molar-refractivity contribution < 1.29 is 29.6 Å². The Balaban J connectivity index is 2.60. The molecular formula is C13H18N2O6. The predicted octanol–water partition coefficient (Wildman–Crippen LogP) is 0.111. The molecule has 0 spiro atoms. The Kier molecular flexibility index (Phi) is 6.99. The second-order valence-electron chi connectivity index (χ2n) is 4.08. The van der Waals surface area contributed by atoms with Crippen LogP contribution in [0.5, 0.6) is 0 Å². The van der Waals surface area contributed by atoms with Gasteiger partial charge in [-0.1, -0.05) is 0 Å². The number of carbonyl (C=O) groups is 2. The molecule has 1 amide bonds. The lowest BCUT2D eigenvalue weighted by Crippen LogP contribution is -2.29. The number of ether oxygens (including phenoxy) is 1. The van der Waals surface area contributed by atoms with E-state index in [4.69, 9.17) is 15.3 Å². The van der Waals surface area contributed by atoms with E-state index in [9.17, 15) is 9.59 Å². The third-order valence-electron chi connectivity index (χ3n) is 2.55. The van der Waals surface area contributed by atoms with Crippen molar-refractivity contribution in [3.8, 4) is 0 Å². The number of carboxylic acid groups (broad SMARTS) is 1. The van der Waals surface area contributed by atoms with Crippen molar-refractivity contribution in [3.63, 3.8) is 0 Å². The molecule has 0 aliphatic rings. The number of benzene rings is 1. The molecule has 1 aromatic rings. The van der Waals surface area contributed by atoms with Crippen molar-refractivity contribution in [3.05, 3.63) is 24.3 Å². The molecule has 21 heavy (non-hydrogen) atoms. The molecule has 1 rings (SSSR count). The number of carboxylic acids is 1. The molecule has 1 aromatic carbocycles. The van der Waals surface area contributed by atoms with Crippen LogP contribution in [0.4, 0.5) is 16.2 Å². The van der Waals surface area contributed by atoms with Crippen LogP contribution in [0.2, 0.25) is 0 Å². The van der Waals surface area contributed by atoms with Crippen molar-refractivity contribution in [2.75, 3.05) is 43.1 Å². The average Bonchev–Trinajstić information content (AvgIpc) is 2.46. The normalized spacial score (nSPS) is 10.0. The third-order valence-corrected chi connectivity index (χ3v) is 2.55. The Morgan fingerprint density at radius 2 is 1.67 bits per heavy atom. The minimum Gasteiger partial charge on any atom is -0.479 e. The van der Waals surface area contributed by atoms with Gasteiger partial charge in [-0.3, -0.25) is 5.32 Å². The molecule has 4 N–H and O–H groups in total. The number of hydrogen-bond donors (Lipinski definition) is 4. The van der Waals surface area contributed by atoms with E-state index in [1.54, 1.807) is 29.2 Å². The van der Waals surface area contributed by atoms with Gasteiger partial charge in [0.15, 0.2) is 6.61 Å². The Morgan fingerprint density at radius 3 is 2.14 bits per heavy atom. The van der Waals surface area contributed by atoms with Gasteiger partial charge in [-0.05, 0) is 24.3 Å². The Labute approximate surface area is 121 Å². The average molecular weight is 298 g/mol. The van der Waals surface area contributed by atoms with Gasteiger partial charge in [-0.15, -0.1) is 0 Å². The van der Waals surface area contributed by atoms with E-state index in [1.807, 2.05) is 0 Å².